The van der Waals surface area contributed by atoms with Crippen molar-refractivity contribution >= 4 is 22.1 Å². The third-order valence-corrected chi connectivity index (χ3v) is 5.03. The summed E-state index contributed by atoms with van der Waals surface area (Å²) in [4.78, 5) is 0.937. The van der Waals surface area contributed by atoms with Gasteiger partial charge in [0.1, 0.15) is 0 Å². The molecule has 0 N–H and O–H groups in total. The minimum Gasteiger partial charge on any atom is -0.593 e. The lowest BCUT2D eigenvalue weighted by atomic mass is 10.2. The molecule has 1 saturated heterocycles. The molecule has 1 aliphatic rings. The largest absolute Gasteiger partial charge is 0.593 e. The van der Waals surface area contributed by atoms with Gasteiger partial charge < -0.3 is 4.55 Å². The van der Waals surface area contributed by atoms with Crippen LogP contribution in [0.4, 0.5) is 0 Å². The highest BCUT2D eigenvalue weighted by Gasteiger charge is 2.24. The van der Waals surface area contributed by atoms with Crippen LogP contribution in [0, 0.1) is 0 Å². The second-order valence-electron chi connectivity index (χ2n) is 3.99. The minimum atomic E-state index is -2.55. The van der Waals surface area contributed by atoms with Crippen LogP contribution < -0.4 is 0 Å². The van der Waals surface area contributed by atoms with E-state index in [1.165, 1.54) is 18.6 Å². The van der Waals surface area contributed by atoms with E-state index < -0.39 is 22.1 Å². The second kappa shape index (κ2) is 5.86. The Morgan fingerprint density at radius 2 is 1.65 bits per heavy atom. The number of nitrogens with zero attached hydrogens (tertiary/aromatic N) is 1. The van der Waals surface area contributed by atoms with E-state index in [1.807, 2.05) is 4.31 Å². The van der Waals surface area contributed by atoms with Gasteiger partial charge in [-0.1, -0.05) is 6.42 Å². The van der Waals surface area contributed by atoms with Gasteiger partial charge in [-0.15, -0.1) is 4.31 Å². The highest BCUT2D eigenvalue weighted by molar-refractivity contribution is 7.89. The molecular formula is C11H15NO3S2. The molecule has 1 aromatic rings. The van der Waals surface area contributed by atoms with Gasteiger partial charge in [0, 0.05) is 13.1 Å². The van der Waals surface area contributed by atoms with E-state index >= 15 is 0 Å². The van der Waals surface area contributed by atoms with Crippen LogP contribution in [0.2, 0.25) is 0 Å². The first-order chi connectivity index (χ1) is 8.18. The molecule has 0 saturated carbocycles. The smallest absolute Gasteiger partial charge is 0.174 e. The van der Waals surface area contributed by atoms with Gasteiger partial charge in [0.15, 0.2) is 15.6 Å². The van der Waals surface area contributed by atoms with Crippen molar-refractivity contribution in [3.8, 4) is 0 Å². The van der Waals surface area contributed by atoms with E-state index in [2.05, 4.69) is 0 Å². The predicted molar refractivity (Wildman–Crippen MR) is 66.9 cm³/mol. The van der Waals surface area contributed by atoms with E-state index in [9.17, 15) is 13.0 Å². The SMILES string of the molecule is O=[SH](=O)c1ccc([S+]([O-])N2CCCCC2)cc1. The Balaban J connectivity index is 2.10. The molecule has 0 bridgehead atoms. The molecule has 1 atom stereocenters. The number of benzene rings is 1. The number of hydrogen-bond donors (Lipinski definition) is 1. The van der Waals surface area contributed by atoms with Crippen LogP contribution in [0.3, 0.4) is 0 Å². The zero-order valence-corrected chi connectivity index (χ0v) is 11.1. The Labute approximate surface area is 106 Å². The molecule has 1 fully saturated rings. The third kappa shape index (κ3) is 3.22. The first kappa shape index (κ1) is 12.9. The zero-order chi connectivity index (χ0) is 12.3. The summed E-state index contributed by atoms with van der Waals surface area (Å²) >= 11 is -1.15. The summed E-state index contributed by atoms with van der Waals surface area (Å²) in [5.74, 6) is 0. The van der Waals surface area contributed by atoms with Crippen molar-refractivity contribution in [2.45, 2.75) is 29.1 Å². The van der Waals surface area contributed by atoms with Crippen LogP contribution in [0.5, 0.6) is 0 Å². The topological polar surface area (TPSA) is 60.4 Å². The second-order valence-corrected chi connectivity index (χ2v) is 6.51. The summed E-state index contributed by atoms with van der Waals surface area (Å²) in [5.41, 5.74) is 0. The van der Waals surface area contributed by atoms with Gasteiger partial charge >= 0.3 is 0 Å². The fraction of sp³-hybridized carbons (Fsp3) is 0.455. The van der Waals surface area contributed by atoms with Gasteiger partial charge in [-0.2, -0.15) is 0 Å². The zero-order valence-electron chi connectivity index (χ0n) is 9.37. The number of piperidine rings is 1. The standard InChI is InChI=1S/C11H15NO3S2/c13-16(12-8-2-1-3-9-12)10-4-6-11(7-5-10)17(14)15/h4-7,17H,1-3,8-9H2. The van der Waals surface area contributed by atoms with Crippen molar-refractivity contribution in [2.24, 2.45) is 0 Å². The first-order valence-electron chi connectivity index (χ1n) is 5.60. The molecule has 1 aromatic carbocycles. The van der Waals surface area contributed by atoms with Gasteiger partial charge in [0.05, 0.1) is 16.3 Å². The lowest BCUT2D eigenvalue weighted by molar-refractivity contribution is 0.346. The molecule has 0 radical (unpaired) electrons. The van der Waals surface area contributed by atoms with Gasteiger partial charge in [0.2, 0.25) is 0 Å². The highest BCUT2D eigenvalue weighted by atomic mass is 32.2. The van der Waals surface area contributed by atoms with Crippen molar-refractivity contribution < 1.29 is 13.0 Å². The molecule has 6 heteroatoms. The van der Waals surface area contributed by atoms with Crippen molar-refractivity contribution in [3.05, 3.63) is 24.3 Å². The van der Waals surface area contributed by atoms with Crippen molar-refractivity contribution in [2.75, 3.05) is 13.1 Å². The molecule has 0 amide bonds. The maximum atomic E-state index is 12.2. The van der Waals surface area contributed by atoms with Crippen molar-refractivity contribution in [1.29, 1.82) is 0 Å². The Morgan fingerprint density at radius 1 is 1.06 bits per heavy atom. The molecule has 0 aliphatic carbocycles. The molecule has 17 heavy (non-hydrogen) atoms. The Hall–Kier alpha value is -0.560. The molecule has 1 heterocycles. The molecule has 1 unspecified atom stereocenters. The monoisotopic (exact) mass is 273 g/mol. The number of rotatable bonds is 3. The average Bonchev–Trinajstić information content (AvgIpc) is 2.39. The van der Waals surface area contributed by atoms with Gasteiger partial charge in [-0.3, -0.25) is 0 Å². The highest BCUT2D eigenvalue weighted by Crippen LogP contribution is 2.20. The van der Waals surface area contributed by atoms with Crippen molar-refractivity contribution in [3.63, 3.8) is 0 Å². The fourth-order valence-electron chi connectivity index (χ4n) is 1.86. The molecule has 1 aliphatic heterocycles. The molecule has 0 spiro atoms. The molecular weight excluding hydrogens is 258 g/mol. The quantitative estimate of drug-likeness (QED) is 0.663. The normalized spacial score (nSPS) is 19.4. The summed E-state index contributed by atoms with van der Waals surface area (Å²) in [7, 11) is -2.55. The first-order valence-corrected chi connectivity index (χ1v) is 7.88. The van der Waals surface area contributed by atoms with Crippen LogP contribution in [0.1, 0.15) is 19.3 Å². The summed E-state index contributed by atoms with van der Waals surface area (Å²) in [6.45, 7) is 1.70. The predicted octanol–water partition coefficient (Wildman–Crippen LogP) is 1.17. The maximum absolute atomic E-state index is 12.2. The number of thiol groups is 1. The molecule has 2 rings (SSSR count). The lowest BCUT2D eigenvalue weighted by Gasteiger charge is -2.26. The molecule has 4 nitrogen and oxygen atoms in total. The average molecular weight is 273 g/mol. The molecule has 0 aromatic heterocycles. The summed E-state index contributed by atoms with van der Waals surface area (Å²) in [5, 5.41) is 0. The maximum Gasteiger partial charge on any atom is 0.174 e. The van der Waals surface area contributed by atoms with Gasteiger partial charge in [-0.25, -0.2) is 8.42 Å². The van der Waals surface area contributed by atoms with Crippen LogP contribution in [-0.4, -0.2) is 30.4 Å². The van der Waals surface area contributed by atoms with E-state index in [1.54, 1.807) is 12.1 Å². The summed E-state index contributed by atoms with van der Waals surface area (Å²) < 4.78 is 35.6. The van der Waals surface area contributed by atoms with Crippen LogP contribution in [0.25, 0.3) is 0 Å². The molecule has 94 valence electrons. The van der Waals surface area contributed by atoms with Gasteiger partial charge in [0.25, 0.3) is 0 Å². The minimum absolute atomic E-state index is 0.263. The van der Waals surface area contributed by atoms with Crippen molar-refractivity contribution in [1.82, 2.24) is 4.31 Å². The summed E-state index contributed by atoms with van der Waals surface area (Å²) in [6.07, 6.45) is 3.36. The lowest BCUT2D eigenvalue weighted by Crippen LogP contribution is -2.35. The Morgan fingerprint density at radius 3 is 2.18 bits per heavy atom. The van der Waals surface area contributed by atoms with E-state index in [4.69, 9.17) is 0 Å². The van der Waals surface area contributed by atoms with Crippen LogP contribution in [-0.2, 0) is 22.1 Å². The van der Waals surface area contributed by atoms with E-state index in [0.29, 0.717) is 4.90 Å². The number of hydrogen-bond acceptors (Lipinski definition) is 4. The van der Waals surface area contributed by atoms with Gasteiger partial charge in [-0.05, 0) is 37.1 Å². The van der Waals surface area contributed by atoms with Crippen LogP contribution >= 0.6 is 0 Å². The fourth-order valence-corrected chi connectivity index (χ4v) is 3.51. The Kier molecular flexibility index (Phi) is 4.44. The third-order valence-electron chi connectivity index (χ3n) is 2.80. The van der Waals surface area contributed by atoms with Crippen LogP contribution in [0.15, 0.2) is 34.1 Å². The van der Waals surface area contributed by atoms with E-state index in [0.717, 1.165) is 25.9 Å². The summed E-state index contributed by atoms with van der Waals surface area (Å²) in [6, 6.07) is 6.27. The Bertz CT molecular complexity index is 431. The van der Waals surface area contributed by atoms with E-state index in [-0.39, 0.29) is 4.90 Å².